The van der Waals surface area contributed by atoms with Crippen molar-refractivity contribution in [2.24, 2.45) is 0 Å². The smallest absolute Gasteiger partial charge is 0.207 e. The highest BCUT2D eigenvalue weighted by molar-refractivity contribution is 6.11. The average Bonchev–Trinajstić information content (AvgIpc) is 1.78. The Kier molecular flexibility index (Phi) is 1.78. The van der Waals surface area contributed by atoms with E-state index >= 15 is 0 Å². The summed E-state index contributed by atoms with van der Waals surface area (Å²) in [6.45, 7) is 0. The van der Waals surface area contributed by atoms with Crippen LogP contribution in [0.3, 0.4) is 0 Å². The molecule has 0 radical (unpaired) electrons. The summed E-state index contributed by atoms with van der Waals surface area (Å²) < 4.78 is 24.8. The minimum Gasteiger partial charge on any atom is -0.207 e. The van der Waals surface area contributed by atoms with Gasteiger partial charge in [0.25, 0.3) is 0 Å². The van der Waals surface area contributed by atoms with Crippen molar-refractivity contribution in [3.63, 3.8) is 0 Å². The highest BCUT2D eigenvalue weighted by atomic mass is 19.3. The number of halogens is 2. The molecule has 1 rings (SSSR count). The molecule has 0 N–H and O–H groups in total. The van der Waals surface area contributed by atoms with Gasteiger partial charge in [-0.1, -0.05) is 18.7 Å². The van der Waals surface area contributed by atoms with Gasteiger partial charge in [-0.15, -0.1) is 0 Å². The van der Waals surface area contributed by atoms with Gasteiger partial charge in [-0.25, -0.2) is 8.78 Å². The van der Waals surface area contributed by atoms with E-state index in [-0.39, 0.29) is 12.8 Å². The van der Waals surface area contributed by atoms with Crippen LogP contribution >= 0.6 is 0 Å². The number of hydrogen-bond donors (Lipinski definition) is 0. The van der Waals surface area contributed by atoms with Gasteiger partial charge in [0.15, 0.2) is 0 Å². The molecule has 0 heterocycles. The minimum atomic E-state index is -2.34. The summed E-state index contributed by atoms with van der Waals surface area (Å²) in [5.74, 6) is -1.82. The second kappa shape index (κ2) is 2.27. The van der Waals surface area contributed by atoms with Gasteiger partial charge in [0.2, 0.25) is 5.92 Å². The SMILES string of the molecule is BC1CCC(F)(F)CC1. The maximum absolute atomic E-state index is 12.4. The molecule has 0 amide bonds. The van der Waals surface area contributed by atoms with E-state index in [4.69, 9.17) is 0 Å². The first-order valence-corrected chi connectivity index (χ1v) is 3.48. The first kappa shape index (κ1) is 7.04. The van der Waals surface area contributed by atoms with Crippen molar-refractivity contribution in [1.82, 2.24) is 0 Å². The molecule has 0 saturated heterocycles. The normalized spacial score (nSPS) is 28.2. The van der Waals surface area contributed by atoms with E-state index in [1.165, 1.54) is 0 Å². The van der Waals surface area contributed by atoms with Gasteiger partial charge in [-0.2, -0.15) is 0 Å². The molecule has 0 unspecified atom stereocenters. The Bertz CT molecular complexity index is 93.2. The van der Waals surface area contributed by atoms with E-state index < -0.39 is 5.92 Å². The van der Waals surface area contributed by atoms with Crippen LogP contribution in [0.2, 0.25) is 5.82 Å². The second-order valence-corrected chi connectivity index (χ2v) is 3.04. The molecule has 0 nitrogen and oxygen atoms in total. The molecular weight excluding hydrogens is 121 g/mol. The molecule has 0 aromatic carbocycles. The lowest BCUT2D eigenvalue weighted by Gasteiger charge is -2.25. The lowest BCUT2D eigenvalue weighted by atomic mass is 9.74. The summed E-state index contributed by atoms with van der Waals surface area (Å²) in [5.41, 5.74) is 0. The van der Waals surface area contributed by atoms with Gasteiger partial charge in [0, 0.05) is 12.8 Å². The van der Waals surface area contributed by atoms with Crippen LogP contribution < -0.4 is 0 Å². The Morgan fingerprint density at radius 1 is 1.22 bits per heavy atom. The monoisotopic (exact) mass is 132 g/mol. The maximum Gasteiger partial charge on any atom is 0.248 e. The molecule has 0 spiro atoms. The van der Waals surface area contributed by atoms with E-state index in [0.29, 0.717) is 18.7 Å². The number of hydrogen-bond acceptors (Lipinski definition) is 0. The summed E-state index contributed by atoms with van der Waals surface area (Å²) >= 11 is 0. The van der Waals surface area contributed by atoms with Gasteiger partial charge >= 0.3 is 0 Å². The van der Waals surface area contributed by atoms with Crippen LogP contribution in [0.1, 0.15) is 25.7 Å². The molecule has 0 aromatic heterocycles. The molecule has 0 bridgehead atoms. The second-order valence-electron chi connectivity index (χ2n) is 3.04. The van der Waals surface area contributed by atoms with Gasteiger partial charge in [0.1, 0.15) is 7.85 Å². The summed E-state index contributed by atoms with van der Waals surface area (Å²) in [7, 11) is 2.04. The molecule has 1 saturated carbocycles. The van der Waals surface area contributed by atoms with Gasteiger partial charge < -0.3 is 0 Å². The molecule has 1 aliphatic carbocycles. The van der Waals surface area contributed by atoms with Gasteiger partial charge in [0.05, 0.1) is 0 Å². The summed E-state index contributed by atoms with van der Waals surface area (Å²) in [4.78, 5) is 0. The standard InChI is InChI=1S/C6H11BF2/c7-5-1-3-6(8,9)4-2-5/h5H,1-4,7H2. The predicted molar refractivity (Wildman–Crippen MR) is 35.7 cm³/mol. The van der Waals surface area contributed by atoms with E-state index in [1.807, 2.05) is 7.85 Å². The molecule has 9 heavy (non-hydrogen) atoms. The third kappa shape index (κ3) is 1.96. The zero-order valence-electron chi connectivity index (χ0n) is 5.66. The Morgan fingerprint density at radius 3 is 2.00 bits per heavy atom. The van der Waals surface area contributed by atoms with E-state index in [9.17, 15) is 8.78 Å². The van der Waals surface area contributed by atoms with Crippen molar-refractivity contribution in [3.8, 4) is 0 Å². The van der Waals surface area contributed by atoms with Crippen molar-refractivity contribution in [1.29, 1.82) is 0 Å². The van der Waals surface area contributed by atoms with E-state index in [1.54, 1.807) is 0 Å². The van der Waals surface area contributed by atoms with Crippen LogP contribution in [0, 0.1) is 0 Å². The van der Waals surface area contributed by atoms with Gasteiger partial charge in [-0.05, 0) is 0 Å². The van der Waals surface area contributed by atoms with Crippen LogP contribution in [0.15, 0.2) is 0 Å². The minimum absolute atomic E-state index is 0.105. The van der Waals surface area contributed by atoms with Crippen LogP contribution in [-0.2, 0) is 0 Å². The third-order valence-electron chi connectivity index (χ3n) is 2.01. The lowest BCUT2D eigenvalue weighted by Crippen LogP contribution is -2.22. The molecule has 1 aliphatic rings. The first-order chi connectivity index (χ1) is 4.10. The fraction of sp³-hybridized carbons (Fsp3) is 1.00. The van der Waals surface area contributed by atoms with Gasteiger partial charge in [-0.3, -0.25) is 0 Å². The highest BCUT2D eigenvalue weighted by Crippen LogP contribution is 2.37. The molecule has 3 heteroatoms. The van der Waals surface area contributed by atoms with E-state index in [2.05, 4.69) is 0 Å². The molecule has 52 valence electrons. The van der Waals surface area contributed by atoms with Crippen LogP contribution in [0.5, 0.6) is 0 Å². The van der Waals surface area contributed by atoms with Crippen molar-refractivity contribution >= 4 is 7.85 Å². The summed E-state index contributed by atoms with van der Waals surface area (Å²) in [6, 6.07) is 0. The van der Waals surface area contributed by atoms with Crippen molar-refractivity contribution in [2.75, 3.05) is 0 Å². The Balaban J connectivity index is 2.35. The highest BCUT2D eigenvalue weighted by Gasteiger charge is 2.32. The molecule has 0 atom stereocenters. The molecule has 0 aliphatic heterocycles. The Labute approximate surface area is 55.0 Å². The molecular formula is C6H11BF2. The van der Waals surface area contributed by atoms with Crippen LogP contribution in [0.4, 0.5) is 8.78 Å². The van der Waals surface area contributed by atoms with Crippen molar-refractivity contribution < 1.29 is 8.78 Å². The van der Waals surface area contributed by atoms with Crippen LogP contribution in [0.25, 0.3) is 0 Å². The maximum atomic E-state index is 12.4. The predicted octanol–water partition coefficient (Wildman–Crippen LogP) is 1.62. The fourth-order valence-electron chi connectivity index (χ4n) is 1.18. The topological polar surface area (TPSA) is 0 Å². The number of rotatable bonds is 0. The van der Waals surface area contributed by atoms with E-state index in [0.717, 1.165) is 0 Å². The lowest BCUT2D eigenvalue weighted by molar-refractivity contribution is -0.0334. The zero-order valence-corrected chi connectivity index (χ0v) is 5.66. The molecule has 0 aromatic rings. The fourth-order valence-corrected chi connectivity index (χ4v) is 1.18. The Hall–Kier alpha value is -0.0751. The summed E-state index contributed by atoms with van der Waals surface area (Å²) in [6.07, 6.45) is 1.61. The average molecular weight is 132 g/mol. The first-order valence-electron chi connectivity index (χ1n) is 3.48. The number of alkyl halides is 2. The Morgan fingerprint density at radius 2 is 1.67 bits per heavy atom. The quantitative estimate of drug-likeness (QED) is 0.439. The van der Waals surface area contributed by atoms with Crippen molar-refractivity contribution in [2.45, 2.75) is 37.4 Å². The summed E-state index contributed by atoms with van der Waals surface area (Å²) in [5, 5.41) is 0. The van der Waals surface area contributed by atoms with Crippen LogP contribution in [-0.4, -0.2) is 13.8 Å². The van der Waals surface area contributed by atoms with Crippen molar-refractivity contribution in [3.05, 3.63) is 0 Å². The third-order valence-corrected chi connectivity index (χ3v) is 2.01. The largest absolute Gasteiger partial charge is 0.248 e. The molecule has 1 fully saturated rings. The zero-order chi connectivity index (χ0) is 6.91.